The number of rotatable bonds is 6. The third-order valence-electron chi connectivity index (χ3n) is 4.65. The number of aliphatic hydroxyl groups is 1. The second-order valence-corrected chi connectivity index (χ2v) is 6.82. The molecule has 27 heavy (non-hydrogen) atoms. The summed E-state index contributed by atoms with van der Waals surface area (Å²) in [6.07, 6.45) is -5.35. The lowest BCUT2D eigenvalue weighted by Crippen LogP contribution is -2.47. The van der Waals surface area contributed by atoms with Crippen molar-refractivity contribution in [2.45, 2.75) is 37.6 Å². The Morgan fingerprint density at radius 3 is 2.52 bits per heavy atom. The summed E-state index contributed by atoms with van der Waals surface area (Å²) in [4.78, 5) is 13.8. The van der Waals surface area contributed by atoms with Gasteiger partial charge >= 0.3 is 6.18 Å². The largest absolute Gasteiger partial charge is 0.486 e. The summed E-state index contributed by atoms with van der Waals surface area (Å²) in [6.45, 7) is 2.67. The molecule has 1 aromatic carbocycles. The highest BCUT2D eigenvalue weighted by Crippen LogP contribution is 2.33. The van der Waals surface area contributed by atoms with Gasteiger partial charge in [-0.2, -0.15) is 13.2 Å². The Balaban J connectivity index is 1.74. The quantitative estimate of drug-likeness (QED) is 0.780. The molecule has 9 heteroatoms. The number of alkyl halides is 3. The van der Waals surface area contributed by atoms with Crippen molar-refractivity contribution in [3.8, 4) is 11.5 Å². The van der Waals surface area contributed by atoms with Crippen molar-refractivity contribution in [3.63, 3.8) is 0 Å². The smallest absolute Gasteiger partial charge is 0.397 e. The zero-order chi connectivity index (χ0) is 19.4. The molecule has 0 bridgehead atoms. The molecule has 6 nitrogen and oxygen atoms in total. The number of nitrogens with zero attached hydrogens (tertiary/aromatic N) is 1. The minimum absolute atomic E-state index is 0.277. The SMILES string of the molecule is O=C(CC(F)(F)F)NC(CN1CCCC1)C(O)c1ccc2c(c1)OCCO2. The number of fused-ring (bicyclic) bond motifs is 1. The third kappa shape index (κ3) is 5.49. The van der Waals surface area contributed by atoms with E-state index in [9.17, 15) is 23.1 Å². The second-order valence-electron chi connectivity index (χ2n) is 6.82. The van der Waals surface area contributed by atoms with Crippen molar-refractivity contribution in [3.05, 3.63) is 23.8 Å². The van der Waals surface area contributed by atoms with Crippen molar-refractivity contribution in [1.29, 1.82) is 0 Å². The van der Waals surface area contributed by atoms with Gasteiger partial charge in [-0.15, -0.1) is 0 Å². The summed E-state index contributed by atoms with van der Waals surface area (Å²) in [5, 5.41) is 13.1. The fourth-order valence-electron chi connectivity index (χ4n) is 3.38. The number of carbonyl (C=O) groups is 1. The van der Waals surface area contributed by atoms with Crippen LogP contribution in [-0.4, -0.2) is 61.0 Å². The molecule has 2 N–H and O–H groups in total. The van der Waals surface area contributed by atoms with Gasteiger partial charge in [-0.05, 0) is 43.6 Å². The highest BCUT2D eigenvalue weighted by Gasteiger charge is 2.34. The Bertz CT molecular complexity index is 662. The highest BCUT2D eigenvalue weighted by atomic mass is 19.4. The number of hydrogen-bond acceptors (Lipinski definition) is 5. The number of hydrogen-bond donors (Lipinski definition) is 2. The number of benzene rings is 1. The minimum atomic E-state index is -4.59. The van der Waals surface area contributed by atoms with Crippen LogP contribution in [0.15, 0.2) is 18.2 Å². The summed E-state index contributed by atoms with van der Waals surface area (Å²) in [5.74, 6) is -0.128. The van der Waals surface area contributed by atoms with E-state index in [1.165, 1.54) is 0 Å². The van der Waals surface area contributed by atoms with E-state index in [-0.39, 0.29) is 6.54 Å². The normalized spacial score (nSPS) is 19.6. The van der Waals surface area contributed by atoms with Gasteiger partial charge in [0.1, 0.15) is 25.7 Å². The molecule has 0 saturated carbocycles. The average molecular weight is 388 g/mol. The number of halogens is 3. The standard InChI is InChI=1S/C18H23F3N2O4/c19-18(20,21)10-16(24)22-13(11-23-5-1-2-6-23)17(25)12-3-4-14-15(9-12)27-8-7-26-14/h3-4,9,13,17,25H,1-2,5-8,10-11H2,(H,22,24). The van der Waals surface area contributed by atoms with Crippen LogP contribution in [0.5, 0.6) is 11.5 Å². The van der Waals surface area contributed by atoms with Crippen LogP contribution in [0.2, 0.25) is 0 Å². The van der Waals surface area contributed by atoms with Gasteiger partial charge in [-0.3, -0.25) is 4.79 Å². The molecule has 3 rings (SSSR count). The highest BCUT2D eigenvalue weighted by molar-refractivity contribution is 5.77. The van der Waals surface area contributed by atoms with Crippen LogP contribution < -0.4 is 14.8 Å². The number of carbonyl (C=O) groups excluding carboxylic acids is 1. The van der Waals surface area contributed by atoms with E-state index in [4.69, 9.17) is 9.47 Å². The molecule has 1 saturated heterocycles. The summed E-state index contributed by atoms with van der Waals surface area (Å²) in [7, 11) is 0. The maximum Gasteiger partial charge on any atom is 0.397 e. The first-order chi connectivity index (χ1) is 12.8. The average Bonchev–Trinajstić information content (AvgIpc) is 3.11. The van der Waals surface area contributed by atoms with Crippen LogP contribution >= 0.6 is 0 Å². The van der Waals surface area contributed by atoms with E-state index in [0.717, 1.165) is 25.9 Å². The first kappa shape index (κ1) is 19.8. The van der Waals surface area contributed by atoms with E-state index >= 15 is 0 Å². The fourth-order valence-corrected chi connectivity index (χ4v) is 3.38. The molecule has 2 unspecified atom stereocenters. The van der Waals surface area contributed by atoms with Crippen molar-refractivity contribution in [2.75, 3.05) is 32.8 Å². The molecule has 1 fully saturated rings. The Morgan fingerprint density at radius 1 is 1.19 bits per heavy atom. The van der Waals surface area contributed by atoms with Crippen LogP contribution in [0, 0.1) is 0 Å². The molecule has 0 radical (unpaired) electrons. The van der Waals surface area contributed by atoms with Crippen molar-refractivity contribution < 1.29 is 32.5 Å². The predicted octanol–water partition coefficient (Wildman–Crippen LogP) is 2.02. The zero-order valence-corrected chi connectivity index (χ0v) is 14.8. The first-order valence-corrected chi connectivity index (χ1v) is 8.98. The van der Waals surface area contributed by atoms with Crippen molar-refractivity contribution in [2.24, 2.45) is 0 Å². The van der Waals surface area contributed by atoms with E-state index < -0.39 is 30.7 Å². The fraction of sp³-hybridized carbons (Fsp3) is 0.611. The summed E-state index contributed by atoms with van der Waals surface area (Å²) in [6, 6.07) is 4.02. The van der Waals surface area contributed by atoms with E-state index in [2.05, 4.69) is 5.32 Å². The monoisotopic (exact) mass is 388 g/mol. The first-order valence-electron chi connectivity index (χ1n) is 8.98. The van der Waals surface area contributed by atoms with Gasteiger partial charge in [0, 0.05) is 6.54 Å². The lowest BCUT2D eigenvalue weighted by Gasteiger charge is -2.29. The topological polar surface area (TPSA) is 71.0 Å². The number of aliphatic hydroxyl groups excluding tert-OH is 1. The molecular weight excluding hydrogens is 365 g/mol. The molecule has 0 spiro atoms. The van der Waals surface area contributed by atoms with Crippen LogP contribution in [-0.2, 0) is 4.79 Å². The number of ether oxygens (including phenoxy) is 2. The van der Waals surface area contributed by atoms with Crippen LogP contribution in [0.3, 0.4) is 0 Å². The Labute approximate surface area is 155 Å². The van der Waals surface area contributed by atoms with Crippen molar-refractivity contribution >= 4 is 5.91 Å². The van der Waals surface area contributed by atoms with Gasteiger partial charge in [0.15, 0.2) is 11.5 Å². The molecule has 0 aromatic heterocycles. The molecule has 2 aliphatic heterocycles. The molecular formula is C18H23F3N2O4. The maximum absolute atomic E-state index is 12.5. The van der Waals surface area contributed by atoms with Gasteiger partial charge in [-0.1, -0.05) is 6.07 Å². The summed E-state index contributed by atoms with van der Waals surface area (Å²) < 4.78 is 48.5. The molecule has 2 atom stereocenters. The number of amides is 1. The molecule has 2 heterocycles. The van der Waals surface area contributed by atoms with Gasteiger partial charge in [-0.25, -0.2) is 0 Å². The van der Waals surface area contributed by atoms with Gasteiger partial charge in [0.25, 0.3) is 0 Å². The number of likely N-dealkylation sites (tertiary alicyclic amines) is 1. The van der Waals surface area contributed by atoms with Gasteiger partial charge < -0.3 is 24.8 Å². The molecule has 1 aromatic rings. The number of nitrogens with one attached hydrogen (secondary N) is 1. The van der Waals surface area contributed by atoms with Crippen LogP contribution in [0.1, 0.15) is 30.9 Å². The van der Waals surface area contributed by atoms with Crippen LogP contribution in [0.25, 0.3) is 0 Å². The lowest BCUT2D eigenvalue weighted by atomic mass is 10.0. The maximum atomic E-state index is 12.5. The van der Waals surface area contributed by atoms with Crippen LogP contribution in [0.4, 0.5) is 13.2 Å². The van der Waals surface area contributed by atoms with E-state index in [1.54, 1.807) is 18.2 Å². The Morgan fingerprint density at radius 2 is 1.85 bits per heavy atom. The van der Waals surface area contributed by atoms with Crippen molar-refractivity contribution in [1.82, 2.24) is 10.2 Å². The minimum Gasteiger partial charge on any atom is -0.486 e. The summed E-state index contributed by atoms with van der Waals surface area (Å²) >= 11 is 0. The van der Waals surface area contributed by atoms with Gasteiger partial charge in [0.05, 0.1) is 6.04 Å². The lowest BCUT2D eigenvalue weighted by molar-refractivity contribution is -0.154. The zero-order valence-electron chi connectivity index (χ0n) is 14.8. The predicted molar refractivity (Wildman–Crippen MR) is 90.7 cm³/mol. The third-order valence-corrected chi connectivity index (χ3v) is 4.65. The molecule has 1 amide bonds. The molecule has 150 valence electrons. The van der Waals surface area contributed by atoms with E-state index in [1.807, 2.05) is 4.90 Å². The Kier molecular flexibility index (Phi) is 6.11. The second kappa shape index (κ2) is 8.35. The van der Waals surface area contributed by atoms with E-state index in [0.29, 0.717) is 30.3 Å². The molecule has 2 aliphatic rings. The summed E-state index contributed by atoms with van der Waals surface area (Å²) in [5.41, 5.74) is 0.454. The van der Waals surface area contributed by atoms with Gasteiger partial charge in [0.2, 0.25) is 5.91 Å². The Hall–Kier alpha value is -2.00. The molecule has 0 aliphatic carbocycles.